The van der Waals surface area contributed by atoms with Gasteiger partial charge in [-0.25, -0.2) is 0 Å². The average molecular weight is 272 g/mol. The summed E-state index contributed by atoms with van der Waals surface area (Å²) in [5.74, 6) is -0.0611. The van der Waals surface area contributed by atoms with Gasteiger partial charge in [0.05, 0.1) is 11.0 Å². The first-order chi connectivity index (χ1) is 8.11. The fraction of sp³-hybridized carbons (Fsp3) is 0.364. The Morgan fingerprint density at radius 3 is 2.83 bits per heavy atom. The van der Waals surface area contributed by atoms with Gasteiger partial charge in [-0.15, -0.1) is 12.4 Å². The van der Waals surface area contributed by atoms with E-state index in [0.29, 0.717) is 13.0 Å². The van der Waals surface area contributed by atoms with Gasteiger partial charge in [0.2, 0.25) is 5.91 Å². The molecule has 1 aliphatic heterocycles. The normalized spacial score (nSPS) is 17.3. The maximum Gasteiger partial charge on any atom is 0.269 e. The van der Waals surface area contributed by atoms with Gasteiger partial charge in [-0.3, -0.25) is 14.9 Å². The van der Waals surface area contributed by atoms with Crippen LogP contribution in [0, 0.1) is 10.1 Å². The Hall–Kier alpha value is -1.66. The molecule has 7 heteroatoms. The topological polar surface area (TPSA) is 84.3 Å². The Morgan fingerprint density at radius 1 is 1.50 bits per heavy atom. The van der Waals surface area contributed by atoms with E-state index in [1.807, 2.05) is 0 Å². The molecule has 0 spiro atoms. The number of fused-ring (bicyclic) bond motifs is 1. The molecule has 1 atom stereocenters. The lowest BCUT2D eigenvalue weighted by Gasteiger charge is -2.24. The van der Waals surface area contributed by atoms with Gasteiger partial charge in [0.25, 0.3) is 5.69 Å². The Labute approximate surface area is 110 Å². The summed E-state index contributed by atoms with van der Waals surface area (Å²) in [5.41, 5.74) is 1.96. The molecule has 0 radical (unpaired) electrons. The van der Waals surface area contributed by atoms with Gasteiger partial charge >= 0.3 is 0 Å². The SMILES string of the molecule is CNC(=O)C1Cc2ccc([N+](=O)[O-])cc2CN1.Cl. The van der Waals surface area contributed by atoms with Crippen molar-refractivity contribution in [2.24, 2.45) is 0 Å². The van der Waals surface area contributed by atoms with Crippen molar-refractivity contribution in [3.05, 3.63) is 39.4 Å². The molecule has 0 saturated carbocycles. The minimum absolute atomic E-state index is 0. The lowest BCUT2D eigenvalue weighted by molar-refractivity contribution is -0.384. The zero-order valence-electron chi connectivity index (χ0n) is 9.80. The predicted molar refractivity (Wildman–Crippen MR) is 68.7 cm³/mol. The van der Waals surface area contributed by atoms with Crippen molar-refractivity contribution >= 4 is 24.0 Å². The quantitative estimate of drug-likeness (QED) is 0.615. The smallest absolute Gasteiger partial charge is 0.269 e. The first kappa shape index (κ1) is 14.4. The molecule has 1 heterocycles. The molecule has 18 heavy (non-hydrogen) atoms. The number of halogens is 1. The highest BCUT2D eigenvalue weighted by atomic mass is 35.5. The summed E-state index contributed by atoms with van der Waals surface area (Å²) >= 11 is 0. The average Bonchev–Trinajstić information content (AvgIpc) is 2.36. The Morgan fingerprint density at radius 2 is 2.22 bits per heavy atom. The molecule has 2 N–H and O–H groups in total. The number of carbonyl (C=O) groups is 1. The third kappa shape index (κ3) is 2.77. The molecule has 0 aromatic heterocycles. The van der Waals surface area contributed by atoms with Crippen LogP contribution < -0.4 is 10.6 Å². The van der Waals surface area contributed by atoms with Crippen molar-refractivity contribution < 1.29 is 9.72 Å². The zero-order chi connectivity index (χ0) is 12.4. The van der Waals surface area contributed by atoms with Crippen LogP contribution in [0.15, 0.2) is 18.2 Å². The number of amides is 1. The van der Waals surface area contributed by atoms with E-state index < -0.39 is 4.92 Å². The van der Waals surface area contributed by atoms with Gasteiger partial charge in [0, 0.05) is 25.7 Å². The van der Waals surface area contributed by atoms with E-state index in [4.69, 9.17) is 0 Å². The standard InChI is InChI=1S/C11H13N3O3.ClH/c1-12-11(15)10-5-7-2-3-9(14(16)17)4-8(7)6-13-10;/h2-4,10,13H,5-6H2,1H3,(H,12,15);1H. The number of benzene rings is 1. The van der Waals surface area contributed by atoms with Gasteiger partial charge in [-0.1, -0.05) is 6.07 Å². The molecule has 6 nitrogen and oxygen atoms in total. The van der Waals surface area contributed by atoms with Crippen molar-refractivity contribution in [1.29, 1.82) is 0 Å². The minimum atomic E-state index is -0.412. The molecule has 1 aromatic carbocycles. The summed E-state index contributed by atoms with van der Waals surface area (Å²) in [6.07, 6.45) is 0.563. The predicted octanol–water partition coefficient (Wildman–Crippen LogP) is 0.777. The van der Waals surface area contributed by atoms with Gasteiger partial charge in [-0.2, -0.15) is 0 Å². The molecule has 0 bridgehead atoms. The van der Waals surface area contributed by atoms with Crippen LogP contribution in [0.25, 0.3) is 0 Å². The molecule has 0 aliphatic carbocycles. The first-order valence-corrected chi connectivity index (χ1v) is 5.33. The van der Waals surface area contributed by atoms with Crippen LogP contribution in [0.2, 0.25) is 0 Å². The summed E-state index contributed by atoms with van der Waals surface area (Å²) < 4.78 is 0. The highest BCUT2D eigenvalue weighted by Crippen LogP contribution is 2.22. The first-order valence-electron chi connectivity index (χ1n) is 5.33. The second-order valence-corrected chi connectivity index (χ2v) is 3.96. The molecule has 98 valence electrons. The largest absolute Gasteiger partial charge is 0.358 e. The maximum absolute atomic E-state index is 11.5. The lowest BCUT2D eigenvalue weighted by Crippen LogP contribution is -2.46. The number of nitro groups is 1. The molecule has 1 aliphatic rings. The molecular weight excluding hydrogens is 258 g/mol. The van der Waals surface area contributed by atoms with Crippen LogP contribution in [0.3, 0.4) is 0 Å². The second kappa shape index (κ2) is 5.79. The number of nitrogens with zero attached hydrogens (tertiary/aromatic N) is 1. The molecule has 2 rings (SSSR count). The highest BCUT2D eigenvalue weighted by Gasteiger charge is 2.24. The minimum Gasteiger partial charge on any atom is -0.358 e. The van der Waals surface area contributed by atoms with Gasteiger partial charge in [0.15, 0.2) is 0 Å². The van der Waals surface area contributed by atoms with Crippen molar-refractivity contribution in [3.8, 4) is 0 Å². The summed E-state index contributed by atoms with van der Waals surface area (Å²) in [5, 5.41) is 16.3. The van der Waals surface area contributed by atoms with Gasteiger partial charge in [0.1, 0.15) is 0 Å². The number of hydrogen-bond acceptors (Lipinski definition) is 4. The molecule has 1 unspecified atom stereocenters. The van der Waals surface area contributed by atoms with E-state index in [-0.39, 0.29) is 30.0 Å². The molecule has 1 amide bonds. The molecule has 1 aromatic rings. The van der Waals surface area contributed by atoms with E-state index in [0.717, 1.165) is 11.1 Å². The van der Waals surface area contributed by atoms with E-state index in [9.17, 15) is 14.9 Å². The summed E-state index contributed by atoms with van der Waals surface area (Å²) in [6.45, 7) is 0.481. The van der Waals surface area contributed by atoms with Crippen molar-refractivity contribution in [2.45, 2.75) is 19.0 Å². The van der Waals surface area contributed by atoms with E-state index >= 15 is 0 Å². The number of non-ortho nitro benzene ring substituents is 1. The monoisotopic (exact) mass is 271 g/mol. The van der Waals surface area contributed by atoms with Crippen LogP contribution >= 0.6 is 12.4 Å². The Kier molecular flexibility index (Phi) is 4.63. The number of nitro benzene ring substituents is 1. The van der Waals surface area contributed by atoms with Gasteiger partial charge in [-0.05, 0) is 17.5 Å². The van der Waals surface area contributed by atoms with E-state index in [2.05, 4.69) is 10.6 Å². The second-order valence-electron chi connectivity index (χ2n) is 3.96. The van der Waals surface area contributed by atoms with Crippen LogP contribution in [-0.2, 0) is 17.8 Å². The van der Waals surface area contributed by atoms with E-state index in [1.165, 1.54) is 6.07 Å². The summed E-state index contributed by atoms with van der Waals surface area (Å²) in [7, 11) is 1.59. The van der Waals surface area contributed by atoms with Gasteiger partial charge < -0.3 is 10.6 Å². The number of hydrogen-bond donors (Lipinski definition) is 2. The molecular formula is C11H14ClN3O3. The van der Waals surface area contributed by atoms with Crippen LogP contribution in [0.5, 0.6) is 0 Å². The summed E-state index contributed by atoms with van der Waals surface area (Å²) in [4.78, 5) is 21.7. The fourth-order valence-electron chi connectivity index (χ4n) is 1.97. The fourth-order valence-corrected chi connectivity index (χ4v) is 1.97. The molecule has 0 saturated heterocycles. The molecule has 0 fully saturated rings. The Bertz CT molecular complexity index is 479. The highest BCUT2D eigenvalue weighted by molar-refractivity contribution is 5.85. The maximum atomic E-state index is 11.5. The van der Waals surface area contributed by atoms with Crippen molar-refractivity contribution in [1.82, 2.24) is 10.6 Å². The van der Waals surface area contributed by atoms with Crippen LogP contribution in [0.1, 0.15) is 11.1 Å². The third-order valence-electron chi connectivity index (χ3n) is 2.93. The van der Waals surface area contributed by atoms with Crippen LogP contribution in [0.4, 0.5) is 5.69 Å². The number of carbonyl (C=O) groups excluding carboxylic acids is 1. The third-order valence-corrected chi connectivity index (χ3v) is 2.93. The lowest BCUT2D eigenvalue weighted by atomic mass is 9.95. The number of rotatable bonds is 2. The number of likely N-dealkylation sites (N-methyl/N-ethyl adjacent to an activating group) is 1. The van der Waals surface area contributed by atoms with Crippen molar-refractivity contribution in [2.75, 3.05) is 7.05 Å². The van der Waals surface area contributed by atoms with Crippen molar-refractivity contribution in [3.63, 3.8) is 0 Å². The number of nitrogens with one attached hydrogen (secondary N) is 2. The van der Waals surface area contributed by atoms with E-state index in [1.54, 1.807) is 19.2 Å². The summed E-state index contributed by atoms with van der Waals surface area (Å²) in [6, 6.07) is 4.51. The Balaban J connectivity index is 0.00000162. The zero-order valence-corrected chi connectivity index (χ0v) is 10.6. The van der Waals surface area contributed by atoms with Crippen LogP contribution in [-0.4, -0.2) is 23.9 Å².